The molecular formula is C66H124O17P2. The number of aliphatic hydroxyl groups excluding tert-OH is 1. The van der Waals surface area contributed by atoms with E-state index in [9.17, 15) is 43.2 Å². The lowest BCUT2D eigenvalue weighted by atomic mass is 10.00. The Morgan fingerprint density at radius 1 is 0.388 bits per heavy atom. The number of rotatable bonds is 62. The van der Waals surface area contributed by atoms with Crippen LogP contribution in [0.4, 0.5) is 0 Å². The van der Waals surface area contributed by atoms with E-state index in [0.29, 0.717) is 37.5 Å². The Kier molecular flexibility index (Phi) is 55.1. The lowest BCUT2D eigenvalue weighted by Gasteiger charge is -2.21. The number of unbranched alkanes of at least 4 members (excludes halogenated alkanes) is 26. The topological polar surface area (TPSA) is 237 Å². The second-order valence-corrected chi connectivity index (χ2v) is 27.3. The van der Waals surface area contributed by atoms with Gasteiger partial charge in [-0.1, -0.05) is 246 Å². The van der Waals surface area contributed by atoms with Crippen LogP contribution in [-0.2, 0) is 65.4 Å². The van der Waals surface area contributed by atoms with E-state index >= 15 is 0 Å². The Morgan fingerprint density at radius 2 is 0.694 bits per heavy atom. The van der Waals surface area contributed by atoms with E-state index in [0.717, 1.165) is 121 Å². The van der Waals surface area contributed by atoms with E-state index < -0.39 is 97.5 Å². The molecule has 0 amide bonds. The number of carbonyl (C=O) groups excluding carboxylic acids is 4. The maximum absolute atomic E-state index is 13.0. The molecule has 0 aliphatic heterocycles. The molecule has 500 valence electrons. The molecule has 0 rings (SSSR count). The van der Waals surface area contributed by atoms with E-state index in [2.05, 4.69) is 72.8 Å². The normalized spacial score (nSPS) is 14.8. The second-order valence-electron chi connectivity index (χ2n) is 24.4. The number of allylic oxidation sites excluding steroid dienone is 4. The average molecular weight is 1250 g/mol. The zero-order chi connectivity index (χ0) is 63.1. The molecule has 0 spiro atoms. The van der Waals surface area contributed by atoms with Crippen molar-refractivity contribution in [3.63, 3.8) is 0 Å². The molecule has 0 aliphatic rings. The highest BCUT2D eigenvalue weighted by atomic mass is 31.2. The van der Waals surface area contributed by atoms with E-state index in [1.54, 1.807) is 0 Å². The number of phosphoric acid groups is 2. The van der Waals surface area contributed by atoms with E-state index in [-0.39, 0.29) is 25.7 Å². The second kappa shape index (κ2) is 56.8. The van der Waals surface area contributed by atoms with Gasteiger partial charge in [0.15, 0.2) is 12.2 Å². The van der Waals surface area contributed by atoms with Crippen LogP contribution < -0.4 is 0 Å². The van der Waals surface area contributed by atoms with Crippen molar-refractivity contribution in [1.82, 2.24) is 0 Å². The van der Waals surface area contributed by atoms with Gasteiger partial charge >= 0.3 is 39.5 Å². The molecule has 6 atom stereocenters. The third-order valence-corrected chi connectivity index (χ3v) is 16.8. The van der Waals surface area contributed by atoms with Gasteiger partial charge in [0.1, 0.15) is 19.3 Å². The quantitative estimate of drug-likeness (QED) is 0.0169. The zero-order valence-corrected chi connectivity index (χ0v) is 56.3. The Bertz CT molecular complexity index is 1780. The molecule has 19 heteroatoms. The van der Waals surface area contributed by atoms with E-state index in [1.807, 2.05) is 0 Å². The summed E-state index contributed by atoms with van der Waals surface area (Å²) in [6.45, 7) is 11.6. The van der Waals surface area contributed by atoms with Crippen molar-refractivity contribution in [2.24, 2.45) is 17.8 Å². The minimum atomic E-state index is -4.95. The number of ether oxygens (including phenoxy) is 4. The highest BCUT2D eigenvalue weighted by Gasteiger charge is 2.30. The fourth-order valence-electron chi connectivity index (χ4n) is 9.26. The minimum Gasteiger partial charge on any atom is -0.462 e. The third-order valence-electron chi connectivity index (χ3n) is 14.9. The minimum absolute atomic E-state index is 0.0959. The first-order valence-electron chi connectivity index (χ1n) is 33.7. The van der Waals surface area contributed by atoms with Gasteiger partial charge in [-0.2, -0.15) is 0 Å². The third kappa shape index (κ3) is 59.0. The van der Waals surface area contributed by atoms with Crippen LogP contribution in [0.1, 0.15) is 299 Å². The number of hydrogen-bond donors (Lipinski definition) is 3. The van der Waals surface area contributed by atoms with Crippen molar-refractivity contribution in [3.05, 3.63) is 24.3 Å². The van der Waals surface area contributed by atoms with Crippen LogP contribution in [0.5, 0.6) is 0 Å². The number of carbonyl (C=O) groups is 4. The van der Waals surface area contributed by atoms with Crippen LogP contribution in [0.3, 0.4) is 0 Å². The predicted octanol–water partition coefficient (Wildman–Crippen LogP) is 17.8. The first kappa shape index (κ1) is 82.5. The molecule has 0 radical (unpaired) electrons. The van der Waals surface area contributed by atoms with Crippen LogP contribution in [0.25, 0.3) is 0 Å². The summed E-state index contributed by atoms with van der Waals surface area (Å²) in [5, 5.41) is 10.5. The predicted molar refractivity (Wildman–Crippen MR) is 340 cm³/mol. The number of aliphatic hydroxyl groups is 1. The van der Waals surface area contributed by atoms with Crippen molar-refractivity contribution in [1.29, 1.82) is 0 Å². The summed E-state index contributed by atoms with van der Waals surface area (Å²) in [5.41, 5.74) is 0. The maximum Gasteiger partial charge on any atom is 0.472 e. The molecule has 0 bridgehead atoms. The van der Waals surface area contributed by atoms with E-state index in [4.69, 9.17) is 37.0 Å². The fourth-order valence-corrected chi connectivity index (χ4v) is 10.8. The Balaban J connectivity index is 5.26. The number of hydrogen-bond acceptors (Lipinski definition) is 15. The maximum atomic E-state index is 13.0. The van der Waals surface area contributed by atoms with Gasteiger partial charge in [-0.15, -0.1) is 0 Å². The number of phosphoric ester groups is 2. The van der Waals surface area contributed by atoms with Crippen molar-refractivity contribution in [2.75, 3.05) is 39.6 Å². The summed E-state index contributed by atoms with van der Waals surface area (Å²) in [6, 6.07) is 0. The SMILES string of the molecule is CCCCCC/C=C\C=C/CCCCCCCC(=O)OC[C@H](COP(=O)(O)OC[C@@H](O)COP(=O)(O)OC[C@@H](COC(=O)CCCCCCCCC(C)CC)OC(=O)CCCCCCCCCC(C)C)OC(=O)CCCCCCCCCC(C)C. The van der Waals surface area contributed by atoms with Gasteiger partial charge in [-0.25, -0.2) is 9.13 Å². The van der Waals surface area contributed by atoms with Gasteiger partial charge in [0.05, 0.1) is 26.4 Å². The van der Waals surface area contributed by atoms with Gasteiger partial charge < -0.3 is 33.8 Å². The highest BCUT2D eigenvalue weighted by Crippen LogP contribution is 2.45. The number of esters is 4. The fraction of sp³-hybridized carbons (Fsp3) is 0.879. The van der Waals surface area contributed by atoms with Gasteiger partial charge in [-0.05, 0) is 69.1 Å². The molecule has 0 aromatic heterocycles. The van der Waals surface area contributed by atoms with Crippen molar-refractivity contribution in [3.8, 4) is 0 Å². The highest BCUT2D eigenvalue weighted by molar-refractivity contribution is 7.47. The van der Waals surface area contributed by atoms with Crippen LogP contribution in [0.15, 0.2) is 24.3 Å². The van der Waals surface area contributed by atoms with Crippen LogP contribution in [-0.4, -0.2) is 96.7 Å². The summed E-state index contributed by atoms with van der Waals surface area (Å²) in [4.78, 5) is 72.2. The van der Waals surface area contributed by atoms with Gasteiger partial charge in [0.2, 0.25) is 0 Å². The first-order chi connectivity index (χ1) is 40.8. The molecule has 85 heavy (non-hydrogen) atoms. The molecule has 0 saturated heterocycles. The largest absolute Gasteiger partial charge is 0.472 e. The lowest BCUT2D eigenvalue weighted by molar-refractivity contribution is -0.161. The monoisotopic (exact) mass is 1250 g/mol. The van der Waals surface area contributed by atoms with Gasteiger partial charge in [0.25, 0.3) is 0 Å². The first-order valence-corrected chi connectivity index (χ1v) is 36.7. The summed E-state index contributed by atoms with van der Waals surface area (Å²) in [6.07, 6.45) is 41.4. The average Bonchev–Trinajstić information content (AvgIpc) is 3.64. The summed E-state index contributed by atoms with van der Waals surface area (Å²) in [7, 11) is -9.90. The van der Waals surface area contributed by atoms with Crippen LogP contribution in [0, 0.1) is 17.8 Å². The lowest BCUT2D eigenvalue weighted by Crippen LogP contribution is -2.30. The molecule has 0 aromatic carbocycles. The van der Waals surface area contributed by atoms with Gasteiger partial charge in [-0.3, -0.25) is 37.3 Å². The summed E-state index contributed by atoms with van der Waals surface area (Å²) in [5.74, 6) is -0.0533. The standard InChI is InChI=1S/C66H124O17P2/c1-8-10-11-12-13-14-15-16-17-18-19-20-25-33-40-47-63(68)76-53-61(82-65(70)49-42-35-26-21-23-30-37-44-57(3)4)55-80-84(72,73)78-51-60(67)52-79-85(74,75)81-56-62(83-66(71)50-43-36-27-22-24-31-38-45-58(5)6)54-77-64(69)48-41-34-29-28-32-39-46-59(7)9-2/h14-17,57-62,67H,8-13,18-56H2,1-7H3,(H,72,73)(H,74,75)/b15-14-,17-16-/t59?,60-,61-,62-/m1/s1. The molecule has 0 aromatic rings. The molecule has 3 unspecified atom stereocenters. The molecule has 0 fully saturated rings. The molecule has 3 N–H and O–H groups in total. The molecule has 17 nitrogen and oxygen atoms in total. The Labute approximate surface area is 516 Å². The van der Waals surface area contributed by atoms with Crippen molar-refractivity contribution < 1.29 is 80.2 Å². The molecule has 0 aliphatic carbocycles. The van der Waals surface area contributed by atoms with Crippen molar-refractivity contribution >= 4 is 39.5 Å². The van der Waals surface area contributed by atoms with Crippen LogP contribution >= 0.6 is 15.6 Å². The molecule has 0 saturated carbocycles. The summed E-state index contributed by atoms with van der Waals surface area (Å²) < 4.78 is 68.0. The van der Waals surface area contributed by atoms with Crippen LogP contribution in [0.2, 0.25) is 0 Å². The summed E-state index contributed by atoms with van der Waals surface area (Å²) >= 11 is 0. The van der Waals surface area contributed by atoms with E-state index in [1.165, 1.54) is 83.5 Å². The smallest absolute Gasteiger partial charge is 0.462 e. The molecular weight excluding hydrogens is 1130 g/mol. The Morgan fingerprint density at radius 3 is 1.05 bits per heavy atom. The Hall–Kier alpha value is -2.46. The van der Waals surface area contributed by atoms with Crippen molar-refractivity contribution in [2.45, 2.75) is 317 Å². The molecule has 0 heterocycles. The van der Waals surface area contributed by atoms with Gasteiger partial charge in [0, 0.05) is 25.7 Å². The zero-order valence-electron chi connectivity index (χ0n) is 54.5.